The van der Waals surface area contributed by atoms with Gasteiger partial charge in [-0.05, 0) is 35.4 Å². The Hall–Kier alpha value is -2.74. The van der Waals surface area contributed by atoms with Crippen LogP contribution in [-0.2, 0) is 39.0 Å². The first-order chi connectivity index (χ1) is 11.2. The number of anilines is 2. The Balaban J connectivity index is -0.0000000606. The van der Waals surface area contributed by atoms with Crippen molar-refractivity contribution in [3.8, 4) is 0 Å². The topological polar surface area (TPSA) is 282 Å². The Morgan fingerprint density at radius 2 is 0.774 bits per heavy atom. The minimum Gasteiger partial charge on any atom is -0.545 e. The van der Waals surface area contributed by atoms with Crippen molar-refractivity contribution >= 4 is 23.3 Å². The quantitative estimate of drug-likeness (QED) is 0.295. The molecule has 13 heteroatoms. The Kier molecular flexibility index (Phi) is 32.9. The van der Waals surface area contributed by atoms with E-state index in [1.807, 2.05) is 38.0 Å². The van der Waals surface area contributed by atoms with Crippen molar-refractivity contribution < 1.29 is 69.7 Å². The van der Waals surface area contributed by atoms with E-state index in [1.54, 1.807) is 24.3 Å². The monoisotopic (exact) mass is 495 g/mol. The Morgan fingerprint density at radius 3 is 0.903 bits per heavy atom. The molecule has 0 aliphatic carbocycles. The van der Waals surface area contributed by atoms with E-state index in [9.17, 15) is 19.8 Å². The summed E-state index contributed by atoms with van der Waals surface area (Å²) in [6, 6.07) is 13.1. The summed E-state index contributed by atoms with van der Waals surface area (Å²) >= 11 is 0. The fourth-order valence-corrected chi connectivity index (χ4v) is 1.79. The third-order valence-corrected chi connectivity index (χ3v) is 3.24. The molecular weight excluding hydrogens is 459 g/mol. The molecule has 0 heterocycles. The molecule has 0 atom stereocenters. The number of nitrogens with zero attached hydrogens (tertiary/aromatic N) is 2. The molecule has 0 bridgehead atoms. The summed E-state index contributed by atoms with van der Waals surface area (Å²) in [5.74, 6) is -2.28. The number of carbonyl (C=O) groups is 2. The van der Waals surface area contributed by atoms with Crippen molar-refractivity contribution in [1.29, 1.82) is 0 Å². The van der Waals surface area contributed by atoms with Crippen molar-refractivity contribution in [3.63, 3.8) is 0 Å². The standard InChI is InChI=1S/2C9H11NO2.Mn.6H2O/c2*1-10(2)8-5-3-7(4-6-8)9(11)12;;;;;;;/h2*3-6H,1-2H3,(H,11,12);;6*1H2/q;;+2;;;;;;/p+2. The Labute approximate surface area is 191 Å². The predicted molar refractivity (Wildman–Crippen MR) is 117 cm³/mol. The second-order valence-electron chi connectivity index (χ2n) is 5.46. The summed E-state index contributed by atoms with van der Waals surface area (Å²) < 4.78 is 0. The van der Waals surface area contributed by atoms with Gasteiger partial charge in [0.2, 0.25) is 0 Å². The van der Waals surface area contributed by atoms with E-state index < -0.39 is 11.9 Å². The Bertz CT molecular complexity index is 634. The molecule has 0 fully saturated rings. The van der Waals surface area contributed by atoms with Crippen molar-refractivity contribution in [2.45, 2.75) is 0 Å². The number of hydrogen-bond acceptors (Lipinski definition) is 6. The van der Waals surface area contributed by atoms with Gasteiger partial charge in [0, 0.05) is 39.6 Å². The van der Waals surface area contributed by atoms with Crippen molar-refractivity contribution in [1.82, 2.24) is 0 Å². The zero-order valence-corrected chi connectivity index (χ0v) is 19.0. The second-order valence-corrected chi connectivity index (χ2v) is 5.46. The molecule has 0 saturated heterocycles. The van der Waals surface area contributed by atoms with Gasteiger partial charge in [0.05, 0.1) is 11.9 Å². The van der Waals surface area contributed by atoms with Crippen LogP contribution in [0.4, 0.5) is 11.4 Å². The number of carbonyl (C=O) groups excluding carboxylic acids is 2. The van der Waals surface area contributed by atoms with Crippen LogP contribution >= 0.6 is 0 Å². The van der Waals surface area contributed by atoms with Crippen LogP contribution in [0.15, 0.2) is 48.5 Å². The van der Waals surface area contributed by atoms with E-state index in [0.717, 1.165) is 11.4 Å². The molecule has 16 N–H and O–H groups in total. The molecule has 0 spiro atoms. The van der Waals surface area contributed by atoms with Crippen LogP contribution in [-0.4, -0.2) is 51.1 Å². The van der Waals surface area contributed by atoms with E-state index in [-0.39, 0.29) is 61.1 Å². The summed E-state index contributed by atoms with van der Waals surface area (Å²) in [4.78, 5) is 24.5. The second kappa shape index (κ2) is 22.0. The number of rotatable bonds is 4. The zero-order valence-electron chi connectivity index (χ0n) is 17.8. The molecule has 0 aliphatic heterocycles. The predicted octanol–water partition coefficient (Wildman–Crippen LogP) is -5.11. The zero-order chi connectivity index (χ0) is 18.3. The molecule has 181 valence electrons. The molecule has 12 nitrogen and oxygen atoms in total. The molecule has 31 heavy (non-hydrogen) atoms. The minimum absolute atomic E-state index is 0. The molecule has 1 radical (unpaired) electrons. The smallest absolute Gasteiger partial charge is 0.545 e. The van der Waals surface area contributed by atoms with Gasteiger partial charge in [-0.15, -0.1) is 0 Å². The molecular formula is C18H36MnN2O10+4. The van der Waals surface area contributed by atoms with E-state index >= 15 is 0 Å². The van der Waals surface area contributed by atoms with Gasteiger partial charge in [-0.2, -0.15) is 0 Å². The van der Waals surface area contributed by atoms with Crippen LogP contribution in [0.1, 0.15) is 20.7 Å². The van der Waals surface area contributed by atoms with Crippen LogP contribution in [0.5, 0.6) is 0 Å². The summed E-state index contributed by atoms with van der Waals surface area (Å²) in [7, 11) is 7.59. The molecule has 0 saturated carbocycles. The third kappa shape index (κ3) is 15.7. The summed E-state index contributed by atoms with van der Waals surface area (Å²) in [5, 5.41) is 20.7. The third-order valence-electron chi connectivity index (χ3n) is 3.24. The molecule has 0 amide bonds. The fraction of sp³-hybridized carbons (Fsp3) is 0.222. The first kappa shape index (κ1) is 46.5. The Morgan fingerprint density at radius 1 is 0.581 bits per heavy atom. The maximum Gasteiger partial charge on any atom is 2.00 e. The normalized spacial score (nSPS) is 7.35. The summed E-state index contributed by atoms with van der Waals surface area (Å²) in [6.07, 6.45) is 0. The minimum atomic E-state index is -1.14. The van der Waals surface area contributed by atoms with Gasteiger partial charge >= 0.3 is 17.1 Å². The van der Waals surface area contributed by atoms with Crippen molar-refractivity contribution in [2.75, 3.05) is 38.0 Å². The van der Waals surface area contributed by atoms with Gasteiger partial charge in [0.15, 0.2) is 0 Å². The maximum absolute atomic E-state index is 10.4. The van der Waals surface area contributed by atoms with E-state index in [0.29, 0.717) is 0 Å². The largest absolute Gasteiger partial charge is 2.00 e. The van der Waals surface area contributed by atoms with Crippen LogP contribution < -0.4 is 20.0 Å². The molecule has 2 aromatic carbocycles. The van der Waals surface area contributed by atoms with E-state index in [2.05, 4.69) is 0 Å². The van der Waals surface area contributed by atoms with Gasteiger partial charge in [-0.1, -0.05) is 24.3 Å². The van der Waals surface area contributed by atoms with Crippen LogP contribution in [0.3, 0.4) is 0 Å². The number of aromatic carboxylic acids is 2. The number of benzene rings is 2. The summed E-state index contributed by atoms with van der Waals surface area (Å²) in [5.41, 5.74) is 2.36. The first-order valence-corrected chi connectivity index (χ1v) is 7.20. The molecule has 2 aromatic rings. The summed E-state index contributed by atoms with van der Waals surface area (Å²) in [6.45, 7) is 0. The SMILES string of the molecule is CN(C)c1ccc(C(=O)[O-])cc1.CN(C)c1ccc(C(=O)[O-])cc1.O.O.[Mn+2].[OH3+].[OH3+].[OH3+].[OH3+]. The molecule has 0 aromatic heterocycles. The number of carboxylic acids is 2. The maximum atomic E-state index is 10.4. The van der Waals surface area contributed by atoms with Gasteiger partial charge in [0.25, 0.3) is 0 Å². The molecule has 2 rings (SSSR count). The molecule has 0 aliphatic rings. The van der Waals surface area contributed by atoms with Crippen molar-refractivity contribution in [2.24, 2.45) is 0 Å². The van der Waals surface area contributed by atoms with E-state index in [1.165, 1.54) is 24.3 Å². The van der Waals surface area contributed by atoms with Crippen LogP contribution in [0.25, 0.3) is 0 Å². The molecule has 0 unspecified atom stereocenters. The average Bonchev–Trinajstić information content (AvgIpc) is 2.55. The number of carboxylic acid groups (broad SMARTS) is 2. The van der Waals surface area contributed by atoms with Gasteiger partial charge in [-0.3, -0.25) is 0 Å². The van der Waals surface area contributed by atoms with Gasteiger partial charge in [0.1, 0.15) is 0 Å². The van der Waals surface area contributed by atoms with Gasteiger partial charge < -0.3 is 62.5 Å². The average molecular weight is 495 g/mol. The van der Waals surface area contributed by atoms with Gasteiger partial charge in [-0.25, -0.2) is 0 Å². The first-order valence-electron chi connectivity index (χ1n) is 7.20. The number of hydrogen-bond donors (Lipinski definition) is 0. The fourth-order valence-electron chi connectivity index (χ4n) is 1.79. The van der Waals surface area contributed by atoms with Crippen LogP contribution in [0.2, 0.25) is 0 Å². The van der Waals surface area contributed by atoms with Crippen molar-refractivity contribution in [3.05, 3.63) is 59.7 Å². The van der Waals surface area contributed by atoms with E-state index in [4.69, 9.17) is 0 Å². The van der Waals surface area contributed by atoms with Crippen LogP contribution in [0, 0.1) is 0 Å².